The number of aromatic nitrogens is 3. The molecule has 0 bridgehead atoms. The first kappa shape index (κ1) is 14.2. The molecular weight excluding hydrogens is 212 g/mol. The van der Waals surface area contributed by atoms with Gasteiger partial charge in [-0.25, -0.2) is 0 Å². The van der Waals surface area contributed by atoms with Gasteiger partial charge in [0.2, 0.25) is 0 Å². The van der Waals surface area contributed by atoms with Crippen LogP contribution in [0.25, 0.3) is 0 Å². The molecule has 98 valence electrons. The van der Waals surface area contributed by atoms with Gasteiger partial charge in [0.05, 0.1) is 0 Å². The Morgan fingerprint density at radius 3 is 2.29 bits per heavy atom. The minimum Gasteiger partial charge on any atom is -0.328 e. The van der Waals surface area contributed by atoms with E-state index >= 15 is 0 Å². The summed E-state index contributed by atoms with van der Waals surface area (Å²) in [5, 5.41) is 8.51. The van der Waals surface area contributed by atoms with Crippen LogP contribution in [0.3, 0.4) is 0 Å². The number of hydrogen-bond donors (Lipinski definition) is 1. The van der Waals surface area contributed by atoms with Crippen LogP contribution in [0.15, 0.2) is 0 Å². The largest absolute Gasteiger partial charge is 0.328 e. The van der Waals surface area contributed by atoms with E-state index in [9.17, 15) is 0 Å². The van der Waals surface area contributed by atoms with Gasteiger partial charge in [-0.15, -0.1) is 10.2 Å². The molecule has 1 rings (SSSR count). The van der Waals surface area contributed by atoms with Crippen LogP contribution >= 0.6 is 0 Å². The predicted octanol–water partition coefficient (Wildman–Crippen LogP) is 2.79. The monoisotopic (exact) mass is 238 g/mol. The standard InChI is InChI=1S/C13H26N4/c1-9(2)17-12(5)15-16-13(17)10(3)7-6-8-11(4)14/h9-11H,6-8,14H2,1-5H3. The minimum absolute atomic E-state index is 0.298. The Bertz CT molecular complexity index is 341. The van der Waals surface area contributed by atoms with Crippen LogP contribution in [0.1, 0.15) is 70.6 Å². The molecule has 0 fully saturated rings. The molecular formula is C13H26N4. The third-order valence-electron chi connectivity index (χ3n) is 3.15. The molecule has 4 heteroatoms. The van der Waals surface area contributed by atoms with Crippen LogP contribution in [0.4, 0.5) is 0 Å². The third kappa shape index (κ3) is 3.80. The average Bonchev–Trinajstić information content (AvgIpc) is 2.59. The van der Waals surface area contributed by atoms with Crippen molar-refractivity contribution in [3.63, 3.8) is 0 Å². The molecule has 0 radical (unpaired) electrons. The molecule has 0 aliphatic rings. The van der Waals surface area contributed by atoms with E-state index in [1.807, 2.05) is 6.92 Å². The summed E-state index contributed by atoms with van der Waals surface area (Å²) in [4.78, 5) is 0. The molecule has 0 aromatic carbocycles. The lowest BCUT2D eigenvalue weighted by atomic mass is 10.0. The Labute approximate surface area is 105 Å². The van der Waals surface area contributed by atoms with Crippen LogP contribution < -0.4 is 5.73 Å². The van der Waals surface area contributed by atoms with Gasteiger partial charge in [-0.2, -0.15) is 0 Å². The smallest absolute Gasteiger partial charge is 0.136 e. The van der Waals surface area contributed by atoms with Crippen LogP contribution in [-0.4, -0.2) is 20.8 Å². The first-order chi connectivity index (χ1) is 7.93. The maximum Gasteiger partial charge on any atom is 0.136 e. The van der Waals surface area contributed by atoms with Crippen molar-refractivity contribution in [1.82, 2.24) is 14.8 Å². The Hall–Kier alpha value is -0.900. The maximum absolute atomic E-state index is 5.77. The first-order valence-electron chi connectivity index (χ1n) is 6.60. The molecule has 1 aromatic rings. The van der Waals surface area contributed by atoms with Crippen molar-refractivity contribution in [3.05, 3.63) is 11.6 Å². The lowest BCUT2D eigenvalue weighted by Gasteiger charge is -2.17. The van der Waals surface area contributed by atoms with Crippen molar-refractivity contribution >= 4 is 0 Å². The lowest BCUT2D eigenvalue weighted by molar-refractivity contribution is 0.491. The summed E-state index contributed by atoms with van der Waals surface area (Å²) in [5.41, 5.74) is 5.77. The molecule has 0 amide bonds. The molecule has 1 aromatic heterocycles. The fourth-order valence-electron chi connectivity index (χ4n) is 2.24. The summed E-state index contributed by atoms with van der Waals surface area (Å²) < 4.78 is 2.23. The summed E-state index contributed by atoms with van der Waals surface area (Å²) >= 11 is 0. The third-order valence-corrected chi connectivity index (χ3v) is 3.15. The van der Waals surface area contributed by atoms with E-state index < -0.39 is 0 Å². The fraction of sp³-hybridized carbons (Fsp3) is 0.846. The van der Waals surface area contributed by atoms with Gasteiger partial charge in [-0.1, -0.05) is 13.3 Å². The Kier molecular flexibility index (Phi) is 5.12. The van der Waals surface area contributed by atoms with Gasteiger partial charge in [0, 0.05) is 18.0 Å². The minimum atomic E-state index is 0.298. The SMILES string of the molecule is Cc1nnc(C(C)CCCC(C)N)n1C(C)C. The van der Waals surface area contributed by atoms with Gasteiger partial charge < -0.3 is 10.3 Å². The van der Waals surface area contributed by atoms with Gasteiger partial charge in [-0.3, -0.25) is 0 Å². The van der Waals surface area contributed by atoms with Crippen molar-refractivity contribution in [2.75, 3.05) is 0 Å². The highest BCUT2D eigenvalue weighted by atomic mass is 15.3. The highest BCUT2D eigenvalue weighted by Gasteiger charge is 2.17. The number of nitrogens with zero attached hydrogens (tertiary/aromatic N) is 3. The molecule has 17 heavy (non-hydrogen) atoms. The maximum atomic E-state index is 5.77. The van der Waals surface area contributed by atoms with Crippen LogP contribution in [0, 0.1) is 6.92 Å². The number of nitrogens with two attached hydrogens (primary N) is 1. The lowest BCUT2D eigenvalue weighted by Crippen LogP contribution is -2.15. The second-order valence-corrected chi connectivity index (χ2v) is 5.38. The average molecular weight is 238 g/mol. The van der Waals surface area contributed by atoms with Crippen molar-refractivity contribution in [2.24, 2.45) is 5.73 Å². The zero-order valence-corrected chi connectivity index (χ0v) is 11.8. The highest BCUT2D eigenvalue weighted by Crippen LogP contribution is 2.23. The molecule has 2 N–H and O–H groups in total. The van der Waals surface area contributed by atoms with E-state index in [4.69, 9.17) is 5.73 Å². The van der Waals surface area contributed by atoms with E-state index in [-0.39, 0.29) is 0 Å². The molecule has 4 nitrogen and oxygen atoms in total. The van der Waals surface area contributed by atoms with Gasteiger partial charge in [0.15, 0.2) is 0 Å². The van der Waals surface area contributed by atoms with Crippen LogP contribution in [0.2, 0.25) is 0 Å². The highest BCUT2D eigenvalue weighted by molar-refractivity contribution is 5.01. The van der Waals surface area contributed by atoms with E-state index in [0.717, 1.165) is 30.9 Å². The van der Waals surface area contributed by atoms with Crippen molar-refractivity contribution in [2.45, 2.75) is 71.9 Å². The van der Waals surface area contributed by atoms with Crippen molar-refractivity contribution in [3.8, 4) is 0 Å². The molecule has 2 unspecified atom stereocenters. The summed E-state index contributed by atoms with van der Waals surface area (Å²) in [5.74, 6) is 2.58. The summed E-state index contributed by atoms with van der Waals surface area (Å²) in [6.07, 6.45) is 3.37. The fourth-order valence-corrected chi connectivity index (χ4v) is 2.24. The molecule has 2 atom stereocenters. The van der Waals surface area contributed by atoms with Crippen LogP contribution in [0.5, 0.6) is 0 Å². The van der Waals surface area contributed by atoms with Gasteiger partial charge in [-0.05, 0) is 40.5 Å². The van der Waals surface area contributed by atoms with E-state index in [1.165, 1.54) is 0 Å². The second kappa shape index (κ2) is 6.15. The molecule has 0 saturated heterocycles. The summed E-state index contributed by atoms with van der Waals surface area (Å²) in [6.45, 7) is 10.7. The molecule has 1 heterocycles. The van der Waals surface area contributed by atoms with Gasteiger partial charge in [0.1, 0.15) is 11.6 Å². The van der Waals surface area contributed by atoms with Crippen molar-refractivity contribution < 1.29 is 0 Å². The normalized spacial score (nSPS) is 15.2. The predicted molar refractivity (Wildman–Crippen MR) is 71.1 cm³/mol. The van der Waals surface area contributed by atoms with Crippen LogP contribution in [-0.2, 0) is 0 Å². The molecule has 0 spiro atoms. The Balaban J connectivity index is 2.65. The number of rotatable bonds is 6. The van der Waals surface area contributed by atoms with E-state index in [0.29, 0.717) is 18.0 Å². The number of hydrogen-bond acceptors (Lipinski definition) is 3. The Morgan fingerprint density at radius 2 is 1.76 bits per heavy atom. The molecule has 0 aliphatic heterocycles. The van der Waals surface area contributed by atoms with Gasteiger partial charge in [0.25, 0.3) is 0 Å². The summed E-state index contributed by atoms with van der Waals surface area (Å²) in [6, 6.07) is 0.725. The zero-order valence-electron chi connectivity index (χ0n) is 11.8. The summed E-state index contributed by atoms with van der Waals surface area (Å²) in [7, 11) is 0. The first-order valence-corrected chi connectivity index (χ1v) is 6.60. The van der Waals surface area contributed by atoms with Crippen molar-refractivity contribution in [1.29, 1.82) is 0 Å². The van der Waals surface area contributed by atoms with E-state index in [2.05, 4.69) is 42.5 Å². The molecule has 0 aliphatic carbocycles. The zero-order chi connectivity index (χ0) is 13.0. The second-order valence-electron chi connectivity index (χ2n) is 5.38. The molecule has 0 saturated carbocycles. The quantitative estimate of drug-likeness (QED) is 0.829. The van der Waals surface area contributed by atoms with E-state index in [1.54, 1.807) is 0 Å². The van der Waals surface area contributed by atoms with Gasteiger partial charge >= 0.3 is 0 Å². The topological polar surface area (TPSA) is 56.7 Å². The number of aryl methyl sites for hydroxylation is 1. The Morgan fingerprint density at radius 1 is 1.12 bits per heavy atom.